The van der Waals surface area contributed by atoms with E-state index in [0.29, 0.717) is 28.5 Å². The second kappa shape index (κ2) is 10.1. The van der Waals surface area contributed by atoms with E-state index in [-0.39, 0.29) is 42.7 Å². The number of hydrogen-bond acceptors (Lipinski definition) is 7. The molecule has 2 aliphatic rings. The van der Waals surface area contributed by atoms with Gasteiger partial charge in [0.1, 0.15) is 23.2 Å². The summed E-state index contributed by atoms with van der Waals surface area (Å²) in [5, 5.41) is 6.88. The van der Waals surface area contributed by atoms with Crippen LogP contribution in [0.1, 0.15) is 72.1 Å². The Labute approximate surface area is 215 Å². The number of sulfonamides is 1. The number of benzene rings is 1. The predicted molar refractivity (Wildman–Crippen MR) is 134 cm³/mol. The Morgan fingerprint density at radius 3 is 2.70 bits per heavy atom. The van der Waals surface area contributed by atoms with E-state index in [0.717, 1.165) is 31.9 Å². The van der Waals surface area contributed by atoms with Gasteiger partial charge in [-0.3, -0.25) is 4.79 Å². The topological polar surface area (TPSA) is 130 Å². The van der Waals surface area contributed by atoms with Gasteiger partial charge in [-0.15, -0.1) is 0 Å². The van der Waals surface area contributed by atoms with Crippen LogP contribution in [-0.2, 0) is 14.8 Å². The first-order valence-electron chi connectivity index (χ1n) is 12.6. The maximum absolute atomic E-state index is 15.9. The number of aromatic amines is 1. The van der Waals surface area contributed by atoms with Gasteiger partial charge < -0.3 is 19.6 Å². The standard InChI is InChI=1S/C25H32FN5O5S/c1-14-4-6-16(7-5-14)22(29-25(32)18-12-36-30-15(18)2)24-27-19-9-8-17(21(26)23(19)28-24)20-13-35-11-10-31(20)37(3,33)34/h8-9,12,14,16,20,22H,4-7,10-11,13H2,1-3H3,(H,27,28)(H,29,32). The van der Waals surface area contributed by atoms with E-state index in [9.17, 15) is 13.2 Å². The van der Waals surface area contributed by atoms with Crippen molar-refractivity contribution in [2.24, 2.45) is 11.8 Å². The Morgan fingerprint density at radius 1 is 1.27 bits per heavy atom. The molecule has 0 bridgehead atoms. The molecule has 1 aliphatic heterocycles. The highest BCUT2D eigenvalue weighted by atomic mass is 32.2. The molecule has 1 aromatic carbocycles. The van der Waals surface area contributed by atoms with E-state index in [1.807, 2.05) is 0 Å². The zero-order valence-electron chi connectivity index (χ0n) is 21.2. The molecular weight excluding hydrogens is 501 g/mol. The fourth-order valence-electron chi connectivity index (χ4n) is 5.47. The summed E-state index contributed by atoms with van der Waals surface area (Å²) in [5.74, 6) is 0.274. The van der Waals surface area contributed by atoms with Crippen LogP contribution in [0.5, 0.6) is 0 Å². The van der Waals surface area contributed by atoms with E-state index in [4.69, 9.17) is 9.26 Å². The zero-order valence-corrected chi connectivity index (χ0v) is 22.0. The van der Waals surface area contributed by atoms with Gasteiger partial charge in [0.2, 0.25) is 10.0 Å². The number of carbonyl (C=O) groups is 1. The number of halogens is 1. The molecule has 2 unspecified atom stereocenters. The van der Waals surface area contributed by atoms with Crippen LogP contribution in [0.25, 0.3) is 11.0 Å². The number of fused-ring (bicyclic) bond motifs is 1. The summed E-state index contributed by atoms with van der Waals surface area (Å²) in [7, 11) is -3.56. The molecule has 2 atom stereocenters. The largest absolute Gasteiger partial charge is 0.378 e. The van der Waals surface area contributed by atoms with Crippen molar-refractivity contribution in [3.63, 3.8) is 0 Å². The Balaban J connectivity index is 1.51. The number of aryl methyl sites for hydroxylation is 1. The number of ether oxygens (including phenoxy) is 1. The van der Waals surface area contributed by atoms with Gasteiger partial charge in [0, 0.05) is 12.1 Å². The van der Waals surface area contributed by atoms with Gasteiger partial charge in [-0.1, -0.05) is 31.0 Å². The molecule has 1 saturated carbocycles. The highest BCUT2D eigenvalue weighted by Gasteiger charge is 2.35. The lowest BCUT2D eigenvalue weighted by Crippen LogP contribution is -2.43. The van der Waals surface area contributed by atoms with Crippen LogP contribution in [0, 0.1) is 24.6 Å². The second-order valence-corrected chi connectivity index (χ2v) is 12.2. The highest BCUT2D eigenvalue weighted by Crippen LogP contribution is 2.38. The molecule has 10 nitrogen and oxygen atoms in total. The molecule has 3 heterocycles. The van der Waals surface area contributed by atoms with Gasteiger partial charge in [-0.2, -0.15) is 4.31 Å². The van der Waals surface area contributed by atoms with Crippen LogP contribution in [-0.4, -0.2) is 59.8 Å². The predicted octanol–water partition coefficient (Wildman–Crippen LogP) is 3.63. The number of rotatable bonds is 6. The number of hydrogen-bond donors (Lipinski definition) is 2. The molecule has 1 saturated heterocycles. The second-order valence-electron chi connectivity index (χ2n) is 10.2. The lowest BCUT2D eigenvalue weighted by atomic mass is 9.79. The third-order valence-corrected chi connectivity index (χ3v) is 8.90. The van der Waals surface area contributed by atoms with Crippen molar-refractivity contribution in [3.05, 3.63) is 46.9 Å². The lowest BCUT2D eigenvalue weighted by Gasteiger charge is -2.33. The van der Waals surface area contributed by atoms with Crippen LogP contribution < -0.4 is 5.32 Å². The minimum Gasteiger partial charge on any atom is -0.378 e. The van der Waals surface area contributed by atoms with Gasteiger partial charge in [0.25, 0.3) is 5.91 Å². The number of morpholine rings is 1. The molecule has 1 amide bonds. The van der Waals surface area contributed by atoms with Crippen molar-refractivity contribution < 1.29 is 26.9 Å². The molecule has 2 N–H and O–H groups in total. The Hall–Kier alpha value is -2.83. The first-order valence-corrected chi connectivity index (χ1v) is 14.4. The van der Waals surface area contributed by atoms with Crippen LogP contribution in [0.3, 0.4) is 0 Å². The molecule has 3 aromatic rings. The van der Waals surface area contributed by atoms with Crippen LogP contribution in [0.4, 0.5) is 4.39 Å². The molecule has 2 aromatic heterocycles. The monoisotopic (exact) mass is 533 g/mol. The van der Waals surface area contributed by atoms with E-state index in [1.165, 1.54) is 10.6 Å². The number of carbonyl (C=O) groups excluding carboxylic acids is 1. The molecule has 5 rings (SSSR count). The molecule has 200 valence electrons. The summed E-state index contributed by atoms with van der Waals surface area (Å²) in [4.78, 5) is 20.9. The van der Waals surface area contributed by atoms with Crippen molar-refractivity contribution in [2.75, 3.05) is 26.0 Å². The van der Waals surface area contributed by atoms with Crippen molar-refractivity contribution >= 4 is 27.0 Å². The van der Waals surface area contributed by atoms with Crippen molar-refractivity contribution in [2.45, 2.75) is 51.6 Å². The Morgan fingerprint density at radius 2 is 2.03 bits per heavy atom. The van der Waals surface area contributed by atoms with Crippen molar-refractivity contribution in [1.82, 2.24) is 24.7 Å². The molecule has 12 heteroatoms. The molecule has 1 aliphatic carbocycles. The number of nitrogens with one attached hydrogen (secondary N) is 2. The maximum Gasteiger partial charge on any atom is 0.257 e. The molecule has 37 heavy (non-hydrogen) atoms. The van der Waals surface area contributed by atoms with Crippen molar-refractivity contribution in [1.29, 1.82) is 0 Å². The van der Waals surface area contributed by atoms with Crippen LogP contribution in [0.15, 0.2) is 22.9 Å². The van der Waals surface area contributed by atoms with Crippen molar-refractivity contribution in [3.8, 4) is 0 Å². The molecular formula is C25H32FN5O5S. The summed E-state index contributed by atoms with van der Waals surface area (Å²) in [6.45, 7) is 4.39. The SMILES string of the molecule is Cc1nocc1C(=O)NC(c1nc2c(F)c(C3COCCN3S(C)(=O)=O)ccc2[nH]1)C1CCC(C)CC1. The maximum atomic E-state index is 15.9. The third kappa shape index (κ3) is 5.14. The third-order valence-electron chi connectivity index (χ3n) is 7.61. The number of nitrogens with zero attached hydrogens (tertiary/aromatic N) is 3. The van der Waals surface area contributed by atoms with Crippen LogP contribution in [0.2, 0.25) is 0 Å². The number of amides is 1. The Bertz CT molecular complexity index is 1400. The normalized spacial score (nSPS) is 24.3. The molecule has 2 fully saturated rings. The first kappa shape index (κ1) is 25.8. The molecule has 0 radical (unpaired) electrons. The summed E-state index contributed by atoms with van der Waals surface area (Å²) in [5.41, 5.74) is 1.62. The number of H-pyrrole nitrogens is 1. The minimum absolute atomic E-state index is 0.0593. The zero-order chi connectivity index (χ0) is 26.3. The Kier molecular flexibility index (Phi) is 7.08. The fourth-order valence-corrected chi connectivity index (χ4v) is 6.51. The summed E-state index contributed by atoms with van der Waals surface area (Å²) in [6.07, 6.45) is 6.31. The summed E-state index contributed by atoms with van der Waals surface area (Å²) in [6, 6.07) is 2.04. The quantitative estimate of drug-likeness (QED) is 0.495. The smallest absolute Gasteiger partial charge is 0.257 e. The average molecular weight is 534 g/mol. The van der Waals surface area contributed by atoms with E-state index in [1.54, 1.807) is 19.1 Å². The average Bonchev–Trinajstić information content (AvgIpc) is 3.49. The van der Waals surface area contributed by atoms with Crippen LogP contribution >= 0.6 is 0 Å². The van der Waals surface area contributed by atoms with Gasteiger partial charge >= 0.3 is 0 Å². The summed E-state index contributed by atoms with van der Waals surface area (Å²) < 4.78 is 52.2. The summed E-state index contributed by atoms with van der Waals surface area (Å²) >= 11 is 0. The lowest BCUT2D eigenvalue weighted by molar-refractivity contribution is 0.0312. The van der Waals surface area contributed by atoms with E-state index < -0.39 is 27.9 Å². The van der Waals surface area contributed by atoms with Gasteiger partial charge in [-0.25, -0.2) is 17.8 Å². The number of imidazole rings is 1. The first-order chi connectivity index (χ1) is 17.6. The van der Waals surface area contributed by atoms with Gasteiger partial charge in [-0.05, 0) is 37.7 Å². The van der Waals surface area contributed by atoms with Gasteiger partial charge in [0.15, 0.2) is 5.82 Å². The van der Waals surface area contributed by atoms with Gasteiger partial charge in [0.05, 0.1) is 42.8 Å². The highest BCUT2D eigenvalue weighted by molar-refractivity contribution is 7.88. The van der Waals surface area contributed by atoms with E-state index in [2.05, 4.69) is 27.4 Å². The van der Waals surface area contributed by atoms with E-state index >= 15 is 4.39 Å². The molecule has 0 spiro atoms. The fraction of sp³-hybridized carbons (Fsp3) is 0.560. The number of aromatic nitrogens is 3. The minimum atomic E-state index is -3.56.